The van der Waals surface area contributed by atoms with Crippen LogP contribution < -0.4 is 10.0 Å². The van der Waals surface area contributed by atoms with Crippen molar-refractivity contribution in [3.8, 4) is 0 Å². The maximum atomic E-state index is 13.2. The minimum Gasteiger partial charge on any atom is -0.347 e. The van der Waals surface area contributed by atoms with Crippen LogP contribution in [0.15, 0.2) is 41.3 Å². The maximum absolute atomic E-state index is 13.2. The van der Waals surface area contributed by atoms with Gasteiger partial charge in [-0.05, 0) is 106 Å². The Morgan fingerprint density at radius 3 is 2.09 bits per heavy atom. The van der Waals surface area contributed by atoms with E-state index in [9.17, 15) is 13.2 Å². The van der Waals surface area contributed by atoms with Gasteiger partial charge in [0.2, 0.25) is 0 Å². The van der Waals surface area contributed by atoms with E-state index in [0.717, 1.165) is 48.1 Å². The van der Waals surface area contributed by atoms with Crippen molar-refractivity contribution in [3.63, 3.8) is 0 Å². The molecular formula is C26H32N2O3S. The monoisotopic (exact) mass is 452 g/mol. The summed E-state index contributed by atoms with van der Waals surface area (Å²) in [6.07, 6.45) is 7.13. The quantitative estimate of drug-likeness (QED) is 0.662. The van der Waals surface area contributed by atoms with Gasteiger partial charge in [0.1, 0.15) is 0 Å². The lowest BCUT2D eigenvalue weighted by atomic mass is 9.53. The molecule has 0 aromatic heterocycles. The summed E-state index contributed by atoms with van der Waals surface area (Å²) in [6, 6.07) is 10.6. The molecule has 6 rings (SSSR count). The van der Waals surface area contributed by atoms with E-state index >= 15 is 0 Å². The number of nitrogens with one attached hydrogen (secondary N) is 2. The standard InChI is InChI=1S/C26H32N2O3S/c1-16-4-7-23(18(3)8-16)28-32(30,31)24-12-22(6-5-17(24)2)25(29)27-26-13-19-9-20(14-26)11-21(10-19)15-26/h4-8,12,19-21,28H,9-11,13-15H2,1-3H3,(H,27,29). The van der Waals surface area contributed by atoms with Crippen molar-refractivity contribution in [2.45, 2.75) is 69.7 Å². The number of carbonyl (C=O) groups is 1. The van der Waals surface area contributed by atoms with Gasteiger partial charge in [-0.25, -0.2) is 8.42 Å². The summed E-state index contributed by atoms with van der Waals surface area (Å²) in [5.74, 6) is 2.04. The van der Waals surface area contributed by atoms with Crippen molar-refractivity contribution in [1.29, 1.82) is 0 Å². The molecule has 4 aliphatic rings. The second-order valence-corrected chi connectivity index (χ2v) is 12.2. The number of anilines is 1. The van der Waals surface area contributed by atoms with Gasteiger partial charge in [0, 0.05) is 11.1 Å². The SMILES string of the molecule is Cc1ccc(NS(=O)(=O)c2cc(C(=O)NC34CC5CC(CC(C5)C3)C4)ccc2C)c(C)c1. The molecule has 170 valence electrons. The van der Waals surface area contributed by atoms with Gasteiger partial charge in [-0.15, -0.1) is 0 Å². The van der Waals surface area contributed by atoms with E-state index in [4.69, 9.17) is 0 Å². The van der Waals surface area contributed by atoms with Crippen molar-refractivity contribution < 1.29 is 13.2 Å². The number of aryl methyl sites for hydroxylation is 3. The molecule has 32 heavy (non-hydrogen) atoms. The highest BCUT2D eigenvalue weighted by molar-refractivity contribution is 7.92. The summed E-state index contributed by atoms with van der Waals surface area (Å²) >= 11 is 0. The molecule has 4 bridgehead atoms. The molecule has 0 radical (unpaired) electrons. The molecule has 4 saturated carbocycles. The fourth-order valence-corrected chi connectivity index (χ4v) is 8.14. The van der Waals surface area contributed by atoms with Crippen LogP contribution in [0.5, 0.6) is 0 Å². The summed E-state index contributed by atoms with van der Waals surface area (Å²) in [5, 5.41) is 3.35. The number of amides is 1. The molecule has 0 atom stereocenters. The van der Waals surface area contributed by atoms with E-state index in [2.05, 4.69) is 10.0 Å². The molecule has 5 nitrogen and oxygen atoms in total. The van der Waals surface area contributed by atoms with Crippen LogP contribution in [0.2, 0.25) is 0 Å². The highest BCUT2D eigenvalue weighted by atomic mass is 32.2. The zero-order valence-electron chi connectivity index (χ0n) is 19.1. The third-order valence-electron chi connectivity index (χ3n) is 7.78. The molecular weight excluding hydrogens is 420 g/mol. The third-order valence-corrected chi connectivity index (χ3v) is 9.29. The van der Waals surface area contributed by atoms with E-state index in [1.54, 1.807) is 25.1 Å². The van der Waals surface area contributed by atoms with Gasteiger partial charge < -0.3 is 5.32 Å². The largest absolute Gasteiger partial charge is 0.347 e. The number of rotatable bonds is 5. The van der Waals surface area contributed by atoms with Gasteiger partial charge >= 0.3 is 0 Å². The maximum Gasteiger partial charge on any atom is 0.262 e. The minimum atomic E-state index is -3.82. The number of hydrogen-bond acceptors (Lipinski definition) is 3. The van der Waals surface area contributed by atoms with Crippen molar-refractivity contribution in [2.75, 3.05) is 4.72 Å². The van der Waals surface area contributed by atoms with Gasteiger partial charge in [0.15, 0.2) is 0 Å². The average Bonchev–Trinajstić information content (AvgIpc) is 2.69. The van der Waals surface area contributed by atoms with Crippen LogP contribution in [0.4, 0.5) is 5.69 Å². The Morgan fingerprint density at radius 2 is 1.50 bits per heavy atom. The Morgan fingerprint density at radius 1 is 0.875 bits per heavy atom. The molecule has 2 N–H and O–H groups in total. The molecule has 2 aromatic rings. The lowest BCUT2D eigenvalue weighted by Crippen LogP contribution is -2.59. The summed E-state index contributed by atoms with van der Waals surface area (Å²) in [6.45, 7) is 5.62. The first-order valence-corrected chi connectivity index (χ1v) is 13.1. The Labute approximate surface area is 191 Å². The van der Waals surface area contributed by atoms with Gasteiger partial charge in [-0.2, -0.15) is 0 Å². The van der Waals surface area contributed by atoms with Crippen LogP contribution in [0.1, 0.15) is 65.6 Å². The van der Waals surface area contributed by atoms with E-state index in [0.29, 0.717) is 16.8 Å². The molecule has 0 saturated heterocycles. The van der Waals surface area contributed by atoms with Crippen LogP contribution in [0.3, 0.4) is 0 Å². The van der Waals surface area contributed by atoms with Crippen molar-refractivity contribution in [2.24, 2.45) is 17.8 Å². The molecule has 0 heterocycles. The van der Waals surface area contributed by atoms with E-state index < -0.39 is 10.0 Å². The number of carbonyl (C=O) groups excluding carboxylic acids is 1. The van der Waals surface area contributed by atoms with Crippen LogP contribution in [0, 0.1) is 38.5 Å². The predicted octanol–water partition coefficient (Wildman–Crippen LogP) is 5.11. The van der Waals surface area contributed by atoms with Crippen LogP contribution >= 0.6 is 0 Å². The first-order valence-electron chi connectivity index (χ1n) is 11.7. The van der Waals surface area contributed by atoms with Crippen LogP contribution in [0.25, 0.3) is 0 Å². The first-order chi connectivity index (χ1) is 15.1. The Hall–Kier alpha value is -2.34. The van der Waals surface area contributed by atoms with E-state index in [1.807, 2.05) is 26.0 Å². The van der Waals surface area contributed by atoms with Crippen LogP contribution in [-0.4, -0.2) is 19.9 Å². The van der Waals surface area contributed by atoms with E-state index in [-0.39, 0.29) is 16.3 Å². The first kappa shape index (κ1) is 21.5. The summed E-state index contributed by atoms with van der Waals surface area (Å²) in [5.41, 5.74) is 3.42. The zero-order valence-corrected chi connectivity index (χ0v) is 19.9. The molecule has 6 heteroatoms. The Balaban J connectivity index is 1.39. The molecule has 0 aliphatic heterocycles. The van der Waals surface area contributed by atoms with Crippen LogP contribution in [-0.2, 0) is 10.0 Å². The Kier molecular flexibility index (Phi) is 5.12. The molecule has 1 amide bonds. The molecule has 0 unspecified atom stereocenters. The van der Waals surface area contributed by atoms with Crippen molar-refractivity contribution in [3.05, 3.63) is 58.7 Å². The second kappa shape index (κ2) is 7.62. The zero-order chi connectivity index (χ0) is 22.7. The molecule has 4 aliphatic carbocycles. The number of sulfonamides is 1. The normalized spacial score (nSPS) is 28.5. The lowest BCUT2D eigenvalue weighted by molar-refractivity contribution is -0.0167. The van der Waals surface area contributed by atoms with E-state index in [1.165, 1.54) is 25.3 Å². The third kappa shape index (κ3) is 3.94. The smallest absolute Gasteiger partial charge is 0.262 e. The second-order valence-electron chi connectivity index (χ2n) is 10.6. The van der Waals surface area contributed by atoms with Crippen molar-refractivity contribution in [1.82, 2.24) is 5.32 Å². The fourth-order valence-electron chi connectivity index (χ4n) is 6.74. The van der Waals surface area contributed by atoms with Gasteiger partial charge in [-0.3, -0.25) is 9.52 Å². The summed E-state index contributed by atoms with van der Waals surface area (Å²) in [4.78, 5) is 13.4. The predicted molar refractivity (Wildman–Crippen MR) is 126 cm³/mol. The number of hydrogen-bond donors (Lipinski definition) is 2. The summed E-state index contributed by atoms with van der Waals surface area (Å²) < 4.78 is 29.1. The summed E-state index contributed by atoms with van der Waals surface area (Å²) in [7, 11) is -3.82. The van der Waals surface area contributed by atoms with Gasteiger partial charge in [-0.1, -0.05) is 23.8 Å². The molecule has 2 aromatic carbocycles. The number of benzene rings is 2. The molecule has 4 fully saturated rings. The topological polar surface area (TPSA) is 75.3 Å². The highest BCUT2D eigenvalue weighted by Crippen LogP contribution is 2.55. The average molecular weight is 453 g/mol. The fraction of sp³-hybridized carbons (Fsp3) is 0.500. The van der Waals surface area contributed by atoms with Crippen molar-refractivity contribution >= 4 is 21.6 Å². The highest BCUT2D eigenvalue weighted by Gasteiger charge is 2.51. The Bertz CT molecular complexity index is 1150. The van der Waals surface area contributed by atoms with Gasteiger partial charge in [0.05, 0.1) is 10.6 Å². The minimum absolute atomic E-state index is 0.104. The molecule has 0 spiro atoms. The lowest BCUT2D eigenvalue weighted by Gasteiger charge is -2.56. The van der Waals surface area contributed by atoms with Gasteiger partial charge in [0.25, 0.3) is 15.9 Å².